The first-order valence-electron chi connectivity index (χ1n) is 6.31. The van der Waals surface area contributed by atoms with Gasteiger partial charge in [-0.15, -0.1) is 0 Å². The number of nitrogens with one attached hydrogen (secondary N) is 1. The molecule has 0 bridgehead atoms. The molecule has 0 saturated carbocycles. The van der Waals surface area contributed by atoms with E-state index < -0.39 is 5.91 Å². The number of nitrogens with zero attached hydrogens (tertiary/aromatic N) is 1. The van der Waals surface area contributed by atoms with Crippen LogP contribution in [0.1, 0.15) is 22.8 Å². The Bertz CT molecular complexity index is 807. The summed E-state index contributed by atoms with van der Waals surface area (Å²) < 4.78 is 0. The van der Waals surface area contributed by atoms with E-state index in [9.17, 15) is 15.0 Å². The average molecular weight is 374 g/mol. The van der Waals surface area contributed by atoms with Gasteiger partial charge in [-0.05, 0) is 31.2 Å². The number of hydrazone groups is 1. The molecule has 2 rings (SSSR count). The van der Waals surface area contributed by atoms with Crippen molar-refractivity contribution < 1.29 is 15.0 Å². The number of rotatable bonds is 3. The van der Waals surface area contributed by atoms with Crippen LogP contribution in [0.25, 0.3) is 0 Å². The van der Waals surface area contributed by atoms with Gasteiger partial charge < -0.3 is 10.2 Å². The van der Waals surface area contributed by atoms with E-state index in [2.05, 4.69) is 10.5 Å². The minimum Gasteiger partial charge on any atom is -0.506 e. The molecule has 5 nitrogen and oxygen atoms in total. The van der Waals surface area contributed by atoms with Crippen LogP contribution >= 0.6 is 34.8 Å². The van der Waals surface area contributed by atoms with Crippen molar-refractivity contribution >= 4 is 46.4 Å². The molecule has 2 aromatic carbocycles. The van der Waals surface area contributed by atoms with Gasteiger partial charge in [0.15, 0.2) is 0 Å². The smallest absolute Gasteiger partial charge is 0.275 e. The van der Waals surface area contributed by atoms with Crippen molar-refractivity contribution in [2.45, 2.75) is 6.92 Å². The predicted molar refractivity (Wildman–Crippen MR) is 90.9 cm³/mol. The molecule has 0 saturated heterocycles. The first kappa shape index (κ1) is 17.4. The van der Waals surface area contributed by atoms with Gasteiger partial charge in [0.25, 0.3) is 5.91 Å². The molecule has 0 aliphatic heterocycles. The molecular weight excluding hydrogens is 363 g/mol. The molecule has 0 atom stereocenters. The Kier molecular flexibility index (Phi) is 5.36. The summed E-state index contributed by atoms with van der Waals surface area (Å²) in [4.78, 5) is 12.0. The van der Waals surface area contributed by atoms with Crippen LogP contribution < -0.4 is 5.43 Å². The van der Waals surface area contributed by atoms with Crippen LogP contribution in [0.15, 0.2) is 35.4 Å². The van der Waals surface area contributed by atoms with E-state index in [4.69, 9.17) is 34.8 Å². The van der Waals surface area contributed by atoms with Crippen molar-refractivity contribution in [2.24, 2.45) is 5.10 Å². The largest absolute Gasteiger partial charge is 0.506 e. The van der Waals surface area contributed by atoms with Gasteiger partial charge in [0, 0.05) is 10.6 Å². The number of hydrogen-bond acceptors (Lipinski definition) is 4. The first-order chi connectivity index (χ1) is 10.8. The molecule has 0 spiro atoms. The monoisotopic (exact) mass is 372 g/mol. The fourth-order valence-electron chi connectivity index (χ4n) is 1.80. The lowest BCUT2D eigenvalue weighted by atomic mass is 10.1. The number of phenols is 2. The zero-order valence-electron chi connectivity index (χ0n) is 11.8. The van der Waals surface area contributed by atoms with Crippen LogP contribution in [0, 0.1) is 0 Å². The maximum absolute atomic E-state index is 12.0. The minimum atomic E-state index is -0.656. The fourth-order valence-corrected chi connectivity index (χ4v) is 2.46. The molecule has 0 radical (unpaired) electrons. The SMILES string of the molecule is CC(=NNC(=O)c1cccc(Cl)c1O)c1cc(Cl)cc(Cl)c1O. The Morgan fingerprint density at radius 3 is 2.39 bits per heavy atom. The highest BCUT2D eigenvalue weighted by atomic mass is 35.5. The van der Waals surface area contributed by atoms with Gasteiger partial charge in [0.2, 0.25) is 0 Å². The Hall–Kier alpha value is -1.95. The number of carbonyl (C=O) groups is 1. The van der Waals surface area contributed by atoms with Crippen LogP contribution in [0.4, 0.5) is 0 Å². The van der Waals surface area contributed by atoms with E-state index in [1.807, 2.05) is 0 Å². The molecular formula is C15H11Cl3N2O3. The van der Waals surface area contributed by atoms with E-state index in [-0.39, 0.29) is 38.4 Å². The number of hydrogen-bond donors (Lipinski definition) is 3. The van der Waals surface area contributed by atoms with Crippen LogP contribution in [-0.2, 0) is 0 Å². The van der Waals surface area contributed by atoms with Gasteiger partial charge in [-0.3, -0.25) is 4.79 Å². The lowest BCUT2D eigenvalue weighted by Crippen LogP contribution is -2.19. The topological polar surface area (TPSA) is 81.9 Å². The maximum atomic E-state index is 12.0. The molecule has 0 aromatic heterocycles. The van der Waals surface area contributed by atoms with Crippen LogP contribution in [0.3, 0.4) is 0 Å². The zero-order valence-corrected chi connectivity index (χ0v) is 14.0. The van der Waals surface area contributed by atoms with Crippen LogP contribution in [-0.4, -0.2) is 21.8 Å². The summed E-state index contributed by atoms with van der Waals surface area (Å²) in [5, 5.41) is 24.0. The summed E-state index contributed by atoms with van der Waals surface area (Å²) in [6, 6.07) is 7.22. The highest BCUT2D eigenvalue weighted by Gasteiger charge is 2.14. The van der Waals surface area contributed by atoms with E-state index in [1.165, 1.54) is 30.3 Å². The van der Waals surface area contributed by atoms with Crippen LogP contribution in [0.5, 0.6) is 11.5 Å². The molecule has 0 aliphatic carbocycles. The quantitative estimate of drug-likeness (QED) is 0.557. The Morgan fingerprint density at radius 2 is 1.70 bits per heavy atom. The number of carbonyl (C=O) groups excluding carboxylic acids is 1. The van der Waals surface area contributed by atoms with E-state index in [1.54, 1.807) is 6.92 Å². The maximum Gasteiger partial charge on any atom is 0.275 e. The number of halogens is 3. The summed E-state index contributed by atoms with van der Waals surface area (Å²) >= 11 is 17.5. The molecule has 1 amide bonds. The first-order valence-corrected chi connectivity index (χ1v) is 7.45. The molecule has 120 valence electrons. The molecule has 23 heavy (non-hydrogen) atoms. The van der Waals surface area contributed by atoms with Gasteiger partial charge in [-0.1, -0.05) is 40.9 Å². The third-order valence-electron chi connectivity index (χ3n) is 2.97. The van der Waals surface area contributed by atoms with Crippen molar-refractivity contribution in [3.63, 3.8) is 0 Å². The highest BCUT2D eigenvalue weighted by Crippen LogP contribution is 2.31. The number of para-hydroxylation sites is 1. The molecule has 0 fully saturated rings. The summed E-state index contributed by atoms with van der Waals surface area (Å²) in [5.41, 5.74) is 2.79. The number of phenolic OH excluding ortho intramolecular Hbond substituents is 2. The predicted octanol–water partition coefficient (Wildman–Crippen LogP) is 4.21. The number of amides is 1. The lowest BCUT2D eigenvalue weighted by molar-refractivity contribution is 0.0952. The van der Waals surface area contributed by atoms with E-state index in [0.29, 0.717) is 5.02 Å². The number of benzene rings is 2. The third kappa shape index (κ3) is 3.88. The molecule has 0 aliphatic rings. The molecule has 8 heteroatoms. The van der Waals surface area contributed by atoms with Gasteiger partial charge in [0.05, 0.1) is 21.3 Å². The van der Waals surface area contributed by atoms with Crippen LogP contribution in [0.2, 0.25) is 15.1 Å². The summed E-state index contributed by atoms with van der Waals surface area (Å²) in [5.74, 6) is -1.19. The Morgan fingerprint density at radius 1 is 1.04 bits per heavy atom. The van der Waals surface area contributed by atoms with Gasteiger partial charge in [0.1, 0.15) is 11.5 Å². The van der Waals surface area contributed by atoms with Crippen molar-refractivity contribution in [1.29, 1.82) is 0 Å². The Labute approximate surface area is 147 Å². The highest BCUT2D eigenvalue weighted by molar-refractivity contribution is 6.36. The summed E-state index contributed by atoms with van der Waals surface area (Å²) in [6.45, 7) is 1.56. The second-order valence-corrected chi connectivity index (χ2v) is 5.81. The molecule has 0 unspecified atom stereocenters. The van der Waals surface area contributed by atoms with Crippen molar-refractivity contribution in [3.8, 4) is 11.5 Å². The van der Waals surface area contributed by atoms with E-state index in [0.717, 1.165) is 0 Å². The number of aromatic hydroxyl groups is 2. The van der Waals surface area contributed by atoms with Crippen molar-refractivity contribution in [2.75, 3.05) is 0 Å². The lowest BCUT2D eigenvalue weighted by Gasteiger charge is -2.08. The summed E-state index contributed by atoms with van der Waals surface area (Å²) in [6.07, 6.45) is 0. The third-order valence-corrected chi connectivity index (χ3v) is 3.79. The van der Waals surface area contributed by atoms with Gasteiger partial charge >= 0.3 is 0 Å². The second-order valence-electron chi connectivity index (χ2n) is 4.56. The molecule has 2 aromatic rings. The standard InChI is InChI=1S/C15H11Cl3N2O3/c1-7(10-5-8(16)6-12(18)14(10)22)19-20-15(23)9-3-2-4-11(17)13(9)21/h2-6,21-22H,1H3,(H,20,23). The zero-order chi connectivity index (χ0) is 17.1. The Balaban J connectivity index is 2.26. The van der Waals surface area contributed by atoms with Gasteiger partial charge in [-0.2, -0.15) is 5.10 Å². The molecule has 3 N–H and O–H groups in total. The normalized spacial score (nSPS) is 11.4. The molecule has 0 heterocycles. The second kappa shape index (κ2) is 7.08. The minimum absolute atomic E-state index is 0.0256. The fraction of sp³-hybridized carbons (Fsp3) is 0.0667. The van der Waals surface area contributed by atoms with Gasteiger partial charge in [-0.25, -0.2) is 5.43 Å². The van der Waals surface area contributed by atoms with E-state index >= 15 is 0 Å². The average Bonchev–Trinajstić information content (AvgIpc) is 2.50. The van der Waals surface area contributed by atoms with Crippen molar-refractivity contribution in [3.05, 3.63) is 56.5 Å². The van der Waals surface area contributed by atoms with Crippen molar-refractivity contribution in [1.82, 2.24) is 5.43 Å². The summed E-state index contributed by atoms with van der Waals surface area (Å²) in [7, 11) is 0.